The molecule has 0 N–H and O–H groups in total. The van der Waals surface area contributed by atoms with Gasteiger partial charge in [-0.25, -0.2) is 4.98 Å². The summed E-state index contributed by atoms with van der Waals surface area (Å²) in [6, 6.07) is 11.4. The number of pyridine rings is 1. The number of piperidine rings is 1. The van der Waals surface area contributed by atoms with E-state index < -0.39 is 0 Å². The number of imidazole rings is 1. The Kier molecular flexibility index (Phi) is 4.56. The largest absolute Gasteiger partial charge is 0.325 e. The number of amides is 1. The van der Waals surface area contributed by atoms with E-state index in [1.165, 1.54) is 5.56 Å². The number of carbonyl (C=O) groups excluding carboxylic acids is 1. The highest BCUT2D eigenvalue weighted by molar-refractivity contribution is 6.35. The highest BCUT2D eigenvalue weighted by Crippen LogP contribution is 2.45. The normalized spacial score (nSPS) is 19.9. The van der Waals surface area contributed by atoms with Crippen LogP contribution in [0, 0.1) is 0 Å². The highest BCUT2D eigenvalue weighted by atomic mass is 35.5. The second kappa shape index (κ2) is 7.36. The molecule has 8 heteroatoms. The Morgan fingerprint density at radius 1 is 1.12 bits per heavy atom. The van der Waals surface area contributed by atoms with E-state index in [2.05, 4.69) is 4.98 Å². The molecule has 0 unspecified atom stereocenters. The van der Waals surface area contributed by atoms with E-state index in [-0.39, 0.29) is 18.0 Å². The second-order valence-electron chi connectivity index (χ2n) is 8.58. The van der Waals surface area contributed by atoms with Crippen LogP contribution in [0.1, 0.15) is 47.1 Å². The Balaban J connectivity index is 1.45. The topological polar surface area (TPSA) is 55.4 Å². The summed E-state index contributed by atoms with van der Waals surface area (Å²) in [5.74, 6) is 0.0158. The van der Waals surface area contributed by atoms with E-state index in [9.17, 15) is 4.79 Å². The number of rotatable bonds is 2. The van der Waals surface area contributed by atoms with E-state index in [4.69, 9.17) is 28.3 Å². The molecule has 5 heterocycles. The van der Waals surface area contributed by atoms with Crippen LogP contribution in [0.2, 0.25) is 10.0 Å². The van der Waals surface area contributed by atoms with Gasteiger partial charge in [-0.2, -0.15) is 5.10 Å². The van der Waals surface area contributed by atoms with Crippen molar-refractivity contribution in [1.29, 1.82) is 0 Å². The summed E-state index contributed by atoms with van der Waals surface area (Å²) in [5.41, 5.74) is 5.54. The minimum atomic E-state index is -0.0473. The van der Waals surface area contributed by atoms with Gasteiger partial charge in [0.2, 0.25) is 0 Å². The minimum Gasteiger partial charge on any atom is -0.325 e. The van der Waals surface area contributed by atoms with Crippen molar-refractivity contribution in [2.75, 3.05) is 0 Å². The quantitative estimate of drug-likeness (QED) is 0.401. The summed E-state index contributed by atoms with van der Waals surface area (Å²) in [7, 11) is 1.95. The number of aryl methyl sites for hydroxylation is 1. The molecule has 6 nitrogen and oxygen atoms in total. The van der Waals surface area contributed by atoms with Crippen LogP contribution in [0.25, 0.3) is 16.9 Å². The van der Waals surface area contributed by atoms with Gasteiger partial charge in [0.25, 0.3) is 5.91 Å². The molecular formula is C24H21Cl2N5O. The van der Waals surface area contributed by atoms with Crippen LogP contribution < -0.4 is 0 Å². The number of halogens is 2. The summed E-state index contributed by atoms with van der Waals surface area (Å²) >= 11 is 12.6. The van der Waals surface area contributed by atoms with Crippen LogP contribution >= 0.6 is 23.2 Å². The fraction of sp³-hybridized carbons (Fsp3) is 0.292. The van der Waals surface area contributed by atoms with Crippen LogP contribution in [0.3, 0.4) is 0 Å². The van der Waals surface area contributed by atoms with Crippen LogP contribution in [0.4, 0.5) is 0 Å². The van der Waals surface area contributed by atoms with Crippen molar-refractivity contribution < 1.29 is 4.79 Å². The lowest BCUT2D eigenvalue weighted by Crippen LogP contribution is -2.50. The van der Waals surface area contributed by atoms with Gasteiger partial charge in [0, 0.05) is 40.5 Å². The molecule has 1 amide bonds. The van der Waals surface area contributed by atoms with E-state index in [0.717, 1.165) is 48.3 Å². The van der Waals surface area contributed by atoms with E-state index >= 15 is 0 Å². The van der Waals surface area contributed by atoms with Crippen LogP contribution in [0.15, 0.2) is 48.8 Å². The first-order valence-corrected chi connectivity index (χ1v) is 11.5. The van der Waals surface area contributed by atoms with Gasteiger partial charge >= 0.3 is 0 Å². The van der Waals surface area contributed by atoms with E-state index in [1.54, 1.807) is 12.3 Å². The van der Waals surface area contributed by atoms with Crippen molar-refractivity contribution in [3.05, 3.63) is 75.8 Å². The lowest BCUT2D eigenvalue weighted by atomic mass is 9.81. The SMILES string of the molecule is Cn1nc2c(c1-c1cc(Cl)cc(Cl)c1)C[C@H]1CCC[C@@H]2N1C(=O)c1cnc2ccccn12. The molecule has 0 aliphatic carbocycles. The lowest BCUT2D eigenvalue weighted by Gasteiger charge is -2.45. The highest BCUT2D eigenvalue weighted by Gasteiger charge is 2.44. The summed E-state index contributed by atoms with van der Waals surface area (Å²) in [6.45, 7) is 0. The Labute approximate surface area is 195 Å². The first kappa shape index (κ1) is 19.8. The number of hydrogen-bond donors (Lipinski definition) is 0. The average Bonchev–Trinajstić information content (AvgIpc) is 3.33. The first-order valence-electron chi connectivity index (χ1n) is 10.8. The van der Waals surface area contributed by atoms with Gasteiger partial charge in [-0.3, -0.25) is 13.9 Å². The van der Waals surface area contributed by atoms with Crippen molar-refractivity contribution in [2.45, 2.75) is 37.8 Å². The molecule has 32 heavy (non-hydrogen) atoms. The summed E-state index contributed by atoms with van der Waals surface area (Å²) < 4.78 is 3.77. The number of fused-ring (bicyclic) bond motifs is 5. The molecule has 0 radical (unpaired) electrons. The van der Waals surface area contributed by atoms with Crippen LogP contribution in [-0.4, -0.2) is 36.0 Å². The predicted molar refractivity (Wildman–Crippen MR) is 124 cm³/mol. The molecule has 0 spiro atoms. The van der Waals surface area contributed by atoms with Gasteiger partial charge in [-0.15, -0.1) is 0 Å². The van der Waals surface area contributed by atoms with Gasteiger partial charge in [0.15, 0.2) is 0 Å². The maximum atomic E-state index is 13.7. The summed E-state index contributed by atoms with van der Waals surface area (Å²) in [6.07, 6.45) is 7.30. The molecule has 1 aromatic carbocycles. The molecule has 4 aromatic rings. The minimum absolute atomic E-state index is 0.0158. The zero-order valence-corrected chi connectivity index (χ0v) is 19.0. The fourth-order valence-electron chi connectivity index (χ4n) is 5.42. The van der Waals surface area contributed by atoms with Crippen LogP contribution in [-0.2, 0) is 13.5 Å². The van der Waals surface area contributed by atoms with Crippen molar-refractivity contribution in [1.82, 2.24) is 24.1 Å². The van der Waals surface area contributed by atoms with Gasteiger partial charge in [-0.1, -0.05) is 29.3 Å². The van der Waals surface area contributed by atoms with E-state index in [1.807, 2.05) is 57.6 Å². The Morgan fingerprint density at radius 3 is 2.75 bits per heavy atom. The molecule has 1 saturated heterocycles. The van der Waals surface area contributed by atoms with E-state index in [0.29, 0.717) is 15.7 Å². The monoisotopic (exact) mass is 465 g/mol. The van der Waals surface area contributed by atoms with Crippen molar-refractivity contribution >= 4 is 34.8 Å². The maximum Gasteiger partial charge on any atom is 0.273 e. The average molecular weight is 466 g/mol. The zero-order valence-electron chi connectivity index (χ0n) is 17.5. The fourth-order valence-corrected chi connectivity index (χ4v) is 5.95. The molecule has 0 saturated carbocycles. The zero-order chi connectivity index (χ0) is 22.0. The smallest absolute Gasteiger partial charge is 0.273 e. The maximum absolute atomic E-state index is 13.7. The molecule has 3 aromatic heterocycles. The van der Waals surface area contributed by atoms with Crippen molar-refractivity contribution in [3.63, 3.8) is 0 Å². The standard InChI is InChI=1S/C24H21Cl2N5O/c1-29-23(14-9-15(25)11-16(26)10-14)18-12-17-5-4-6-19(22(18)28-29)31(17)24(32)20-13-27-21-7-2-3-8-30(20)21/h2-3,7-11,13,17,19H,4-6,12H2,1H3/t17-,19+/m1/s1. The predicted octanol–water partition coefficient (Wildman–Crippen LogP) is 5.33. The number of aromatic nitrogens is 4. The first-order chi connectivity index (χ1) is 15.5. The van der Waals surface area contributed by atoms with Gasteiger partial charge in [0.1, 0.15) is 11.3 Å². The molecule has 2 aliphatic heterocycles. The third-order valence-corrected chi connectivity index (χ3v) is 7.12. The molecule has 2 bridgehead atoms. The van der Waals surface area contributed by atoms with Crippen LogP contribution in [0.5, 0.6) is 0 Å². The molecule has 2 aliphatic rings. The Bertz CT molecular complexity index is 1350. The third kappa shape index (κ3) is 2.97. The second-order valence-corrected chi connectivity index (χ2v) is 9.46. The van der Waals surface area contributed by atoms with Gasteiger partial charge in [0.05, 0.1) is 23.6 Å². The number of nitrogens with zero attached hydrogens (tertiary/aromatic N) is 5. The Morgan fingerprint density at radius 2 is 1.94 bits per heavy atom. The molecule has 162 valence electrons. The number of carbonyl (C=O) groups is 1. The Hall–Kier alpha value is -2.83. The van der Waals surface area contributed by atoms with Gasteiger partial charge < -0.3 is 4.90 Å². The molecular weight excluding hydrogens is 445 g/mol. The summed E-state index contributed by atoms with van der Waals surface area (Å²) in [4.78, 5) is 20.2. The van der Waals surface area contributed by atoms with Crippen molar-refractivity contribution in [2.24, 2.45) is 7.05 Å². The van der Waals surface area contributed by atoms with Crippen molar-refractivity contribution in [3.8, 4) is 11.3 Å². The number of benzene rings is 1. The lowest BCUT2D eigenvalue weighted by molar-refractivity contribution is 0.0385. The molecule has 1 fully saturated rings. The molecule has 6 rings (SSSR count). The summed E-state index contributed by atoms with van der Waals surface area (Å²) in [5, 5.41) is 6.10. The number of hydrogen-bond acceptors (Lipinski definition) is 3. The van der Waals surface area contributed by atoms with Gasteiger partial charge in [-0.05, 0) is 56.0 Å². The molecule has 2 atom stereocenters. The third-order valence-electron chi connectivity index (χ3n) is 6.68.